The standard InChI is InChI=1S/C16H20N2OS3/c1-20-15-4-3-14(22-15)16(19)18-7-2-6-17(8-9-18)11-13-5-10-21-12-13/h3-5,10,12H,2,6-9,11H2,1H3. The third-order valence-corrected chi connectivity index (χ3v) is 6.74. The molecule has 22 heavy (non-hydrogen) atoms. The smallest absolute Gasteiger partial charge is 0.264 e. The van der Waals surface area contributed by atoms with E-state index < -0.39 is 0 Å². The molecule has 0 aromatic carbocycles. The van der Waals surface area contributed by atoms with Gasteiger partial charge in [0.05, 0.1) is 9.09 Å². The van der Waals surface area contributed by atoms with E-state index in [1.165, 1.54) is 9.77 Å². The van der Waals surface area contributed by atoms with Crippen molar-refractivity contribution in [2.45, 2.75) is 17.2 Å². The highest BCUT2D eigenvalue weighted by atomic mass is 32.2. The van der Waals surface area contributed by atoms with Crippen LogP contribution < -0.4 is 0 Å². The number of hydrogen-bond acceptors (Lipinski definition) is 5. The van der Waals surface area contributed by atoms with Crippen LogP contribution in [0.15, 0.2) is 33.2 Å². The molecule has 0 unspecified atom stereocenters. The Morgan fingerprint density at radius 1 is 1.23 bits per heavy atom. The van der Waals surface area contributed by atoms with Crippen LogP contribution in [-0.2, 0) is 6.54 Å². The summed E-state index contributed by atoms with van der Waals surface area (Å²) >= 11 is 5.06. The summed E-state index contributed by atoms with van der Waals surface area (Å²) in [5.74, 6) is 0.197. The van der Waals surface area contributed by atoms with Crippen molar-refractivity contribution >= 4 is 40.3 Å². The Balaban J connectivity index is 1.58. The number of thiophene rings is 2. The van der Waals surface area contributed by atoms with E-state index in [0.29, 0.717) is 0 Å². The number of rotatable bonds is 4. The Bertz CT molecular complexity index is 609. The normalized spacial score (nSPS) is 16.7. The van der Waals surface area contributed by atoms with Gasteiger partial charge in [-0.25, -0.2) is 0 Å². The number of carbonyl (C=O) groups excluding carboxylic acids is 1. The molecule has 1 aliphatic rings. The molecule has 6 heteroatoms. The Labute approximate surface area is 143 Å². The highest BCUT2D eigenvalue weighted by Crippen LogP contribution is 2.26. The van der Waals surface area contributed by atoms with Gasteiger partial charge in [0.25, 0.3) is 5.91 Å². The predicted octanol–water partition coefficient (Wildman–Crippen LogP) is 3.88. The van der Waals surface area contributed by atoms with Crippen molar-refractivity contribution in [2.24, 2.45) is 0 Å². The van der Waals surface area contributed by atoms with Crippen molar-refractivity contribution in [2.75, 3.05) is 32.4 Å². The summed E-state index contributed by atoms with van der Waals surface area (Å²) in [7, 11) is 0. The Kier molecular flexibility index (Phi) is 5.57. The number of hydrogen-bond donors (Lipinski definition) is 0. The van der Waals surface area contributed by atoms with E-state index in [1.807, 2.05) is 23.3 Å². The van der Waals surface area contributed by atoms with Crippen LogP contribution in [0.4, 0.5) is 0 Å². The zero-order valence-electron chi connectivity index (χ0n) is 12.7. The molecule has 1 amide bonds. The molecule has 3 rings (SSSR count). The number of amides is 1. The molecule has 2 aromatic rings. The van der Waals surface area contributed by atoms with Crippen molar-refractivity contribution in [1.29, 1.82) is 0 Å². The maximum atomic E-state index is 12.6. The Morgan fingerprint density at radius 3 is 2.86 bits per heavy atom. The summed E-state index contributed by atoms with van der Waals surface area (Å²) in [5.41, 5.74) is 1.38. The lowest BCUT2D eigenvalue weighted by molar-refractivity contribution is 0.0766. The van der Waals surface area contributed by atoms with Gasteiger partial charge in [-0.3, -0.25) is 9.69 Å². The maximum absolute atomic E-state index is 12.6. The third kappa shape index (κ3) is 3.93. The van der Waals surface area contributed by atoms with Crippen LogP contribution in [0.5, 0.6) is 0 Å². The van der Waals surface area contributed by atoms with Gasteiger partial charge in [-0.1, -0.05) is 0 Å². The first-order chi connectivity index (χ1) is 10.8. The quantitative estimate of drug-likeness (QED) is 0.780. The molecular formula is C16H20N2OS3. The lowest BCUT2D eigenvalue weighted by Crippen LogP contribution is -2.34. The monoisotopic (exact) mass is 352 g/mol. The van der Waals surface area contributed by atoms with Crippen LogP contribution in [-0.4, -0.2) is 48.1 Å². The summed E-state index contributed by atoms with van der Waals surface area (Å²) in [6.07, 6.45) is 3.10. The number of carbonyl (C=O) groups is 1. The zero-order chi connectivity index (χ0) is 15.4. The molecule has 1 aliphatic heterocycles. The van der Waals surface area contributed by atoms with E-state index in [-0.39, 0.29) is 5.91 Å². The molecule has 0 radical (unpaired) electrons. The summed E-state index contributed by atoms with van der Waals surface area (Å²) in [6, 6.07) is 6.20. The fourth-order valence-electron chi connectivity index (χ4n) is 2.67. The second-order valence-corrected chi connectivity index (χ2v) is 8.35. The summed E-state index contributed by atoms with van der Waals surface area (Å²) < 4.78 is 1.21. The van der Waals surface area contributed by atoms with Gasteiger partial charge in [0.2, 0.25) is 0 Å². The highest BCUT2D eigenvalue weighted by molar-refractivity contribution is 8.00. The van der Waals surface area contributed by atoms with Crippen molar-refractivity contribution < 1.29 is 4.79 Å². The molecule has 0 bridgehead atoms. The average Bonchev–Trinajstić information content (AvgIpc) is 3.15. The molecule has 0 saturated carbocycles. The summed E-state index contributed by atoms with van der Waals surface area (Å²) in [6.45, 7) is 4.73. The molecule has 0 atom stereocenters. The molecule has 1 saturated heterocycles. The largest absolute Gasteiger partial charge is 0.337 e. The lowest BCUT2D eigenvalue weighted by Gasteiger charge is -2.21. The van der Waals surface area contributed by atoms with Crippen LogP contribution in [0, 0.1) is 0 Å². The van der Waals surface area contributed by atoms with E-state index in [1.54, 1.807) is 34.4 Å². The van der Waals surface area contributed by atoms with Crippen molar-refractivity contribution in [3.8, 4) is 0 Å². The van der Waals surface area contributed by atoms with Gasteiger partial charge >= 0.3 is 0 Å². The van der Waals surface area contributed by atoms with Crippen LogP contribution in [0.2, 0.25) is 0 Å². The second-order valence-electron chi connectivity index (χ2n) is 5.38. The molecule has 3 heterocycles. The molecule has 0 aliphatic carbocycles. The number of nitrogens with zero attached hydrogens (tertiary/aromatic N) is 2. The fourth-order valence-corrected chi connectivity index (χ4v) is 4.85. The Morgan fingerprint density at radius 2 is 2.14 bits per heavy atom. The van der Waals surface area contributed by atoms with E-state index >= 15 is 0 Å². The van der Waals surface area contributed by atoms with Gasteiger partial charge in [0.15, 0.2) is 0 Å². The van der Waals surface area contributed by atoms with E-state index in [2.05, 4.69) is 21.7 Å². The minimum Gasteiger partial charge on any atom is -0.337 e. The van der Waals surface area contributed by atoms with Crippen LogP contribution >= 0.6 is 34.4 Å². The van der Waals surface area contributed by atoms with E-state index in [9.17, 15) is 4.79 Å². The van der Waals surface area contributed by atoms with Gasteiger partial charge < -0.3 is 4.90 Å². The van der Waals surface area contributed by atoms with Crippen LogP contribution in [0.25, 0.3) is 0 Å². The molecule has 0 N–H and O–H groups in total. The minimum atomic E-state index is 0.197. The molecule has 118 valence electrons. The highest BCUT2D eigenvalue weighted by Gasteiger charge is 2.21. The third-order valence-electron chi connectivity index (χ3n) is 3.86. The zero-order valence-corrected chi connectivity index (χ0v) is 15.1. The first-order valence-electron chi connectivity index (χ1n) is 7.43. The second kappa shape index (κ2) is 7.64. The summed E-state index contributed by atoms with van der Waals surface area (Å²) in [5, 5.41) is 4.34. The molecule has 0 spiro atoms. The van der Waals surface area contributed by atoms with Crippen molar-refractivity contribution in [3.05, 3.63) is 39.4 Å². The maximum Gasteiger partial charge on any atom is 0.264 e. The van der Waals surface area contributed by atoms with Gasteiger partial charge in [-0.2, -0.15) is 11.3 Å². The first-order valence-corrected chi connectivity index (χ1v) is 10.4. The molecule has 1 fully saturated rings. The van der Waals surface area contributed by atoms with Gasteiger partial charge in [0.1, 0.15) is 0 Å². The Hall–Kier alpha value is -0.820. The van der Waals surface area contributed by atoms with Crippen molar-refractivity contribution in [3.63, 3.8) is 0 Å². The molecule has 2 aromatic heterocycles. The summed E-state index contributed by atoms with van der Waals surface area (Å²) in [4.78, 5) is 18.0. The minimum absolute atomic E-state index is 0.197. The molecule has 3 nitrogen and oxygen atoms in total. The van der Waals surface area contributed by atoms with Crippen LogP contribution in [0.3, 0.4) is 0 Å². The van der Waals surface area contributed by atoms with Gasteiger partial charge in [-0.05, 0) is 47.2 Å². The van der Waals surface area contributed by atoms with E-state index in [0.717, 1.165) is 44.0 Å². The topological polar surface area (TPSA) is 23.6 Å². The van der Waals surface area contributed by atoms with Crippen molar-refractivity contribution in [1.82, 2.24) is 9.80 Å². The van der Waals surface area contributed by atoms with Gasteiger partial charge in [0, 0.05) is 32.7 Å². The number of thioether (sulfide) groups is 1. The fraction of sp³-hybridized carbons (Fsp3) is 0.438. The lowest BCUT2D eigenvalue weighted by atomic mass is 10.3. The van der Waals surface area contributed by atoms with Crippen LogP contribution in [0.1, 0.15) is 21.7 Å². The average molecular weight is 353 g/mol. The van der Waals surface area contributed by atoms with E-state index in [4.69, 9.17) is 0 Å². The first kappa shape index (κ1) is 16.1. The van der Waals surface area contributed by atoms with Gasteiger partial charge in [-0.15, -0.1) is 23.1 Å². The SMILES string of the molecule is CSc1ccc(C(=O)N2CCCN(Cc3ccsc3)CC2)s1. The predicted molar refractivity (Wildman–Crippen MR) is 96.2 cm³/mol. The molecular weight excluding hydrogens is 332 g/mol.